The highest BCUT2D eigenvalue weighted by atomic mass is 31.1. The first-order valence-electron chi connectivity index (χ1n) is 13.8. The standard InChI is InChI=1S/C21H44O16P10/c1-2-3-23-19-16(36-45)13(33-42)10(7(27-19)4-24-38)30-20-17(37-46)14(34-43)11(8(28-20)5-25-39)31-21-18(47-22)15(35-44)12(32-41)9(29-21)6-26-40/h2,7-21H,1,3-6,38-46H2/t7?,8?,9?,10?,11?,12-,13-,14-,15-,16-,17-,18?,19?,20?,21+/m0/s1. The largest absolute Gasteiger partial charge is 0.363 e. The molecule has 0 amide bonds. The van der Waals surface area contributed by atoms with Crippen molar-refractivity contribution in [3.8, 4) is 0 Å². The summed E-state index contributed by atoms with van der Waals surface area (Å²) in [4.78, 5) is 0. The van der Waals surface area contributed by atoms with Crippen LogP contribution in [0.1, 0.15) is 0 Å². The topological polar surface area (TPSA) is 156 Å². The fourth-order valence-corrected chi connectivity index (χ4v) is 8.66. The molecule has 47 heavy (non-hydrogen) atoms. The monoisotopic (exact) mass is 862 g/mol. The van der Waals surface area contributed by atoms with E-state index in [-0.39, 0.29) is 34.9 Å². The molecule has 24 atom stereocenters. The van der Waals surface area contributed by atoms with Gasteiger partial charge in [0.1, 0.15) is 72.8 Å². The van der Waals surface area contributed by atoms with Gasteiger partial charge in [-0.05, 0) is 0 Å². The lowest BCUT2D eigenvalue weighted by Crippen LogP contribution is -2.66. The smallest absolute Gasteiger partial charge is 0.187 e. The Kier molecular flexibility index (Phi) is 22.5. The van der Waals surface area contributed by atoms with E-state index in [2.05, 4.69) is 91.8 Å². The number of hydrogen-bond donors (Lipinski definition) is 0. The molecule has 3 aliphatic heterocycles. The van der Waals surface area contributed by atoms with E-state index >= 15 is 0 Å². The molecule has 17 unspecified atom stereocenters. The lowest BCUT2D eigenvalue weighted by molar-refractivity contribution is -0.360. The van der Waals surface area contributed by atoms with Crippen molar-refractivity contribution in [1.29, 1.82) is 0 Å². The van der Waals surface area contributed by atoms with Crippen LogP contribution in [0.2, 0.25) is 0 Å². The Labute approximate surface area is 297 Å². The van der Waals surface area contributed by atoms with Gasteiger partial charge < -0.3 is 69.1 Å². The van der Waals surface area contributed by atoms with Gasteiger partial charge in [0.15, 0.2) is 27.3 Å². The van der Waals surface area contributed by atoms with Crippen molar-refractivity contribution in [1.82, 2.24) is 0 Å². The Balaban J connectivity index is 1.92. The van der Waals surface area contributed by atoms with Crippen molar-refractivity contribution < 1.29 is 73.7 Å². The van der Waals surface area contributed by atoms with E-state index in [1.807, 2.05) is 0 Å². The molecule has 16 nitrogen and oxygen atoms in total. The maximum atomic E-state index is 12.5. The third-order valence-electron chi connectivity index (χ3n) is 7.60. The van der Waals surface area contributed by atoms with Crippen molar-refractivity contribution in [3.63, 3.8) is 0 Å². The first-order valence-corrected chi connectivity index (χ1v) is 18.9. The van der Waals surface area contributed by atoms with Crippen molar-refractivity contribution >= 4 is 93.7 Å². The summed E-state index contributed by atoms with van der Waals surface area (Å²) in [7, 11) is 19.4. The number of ether oxygens (including phenoxy) is 6. The van der Waals surface area contributed by atoms with Crippen LogP contribution in [0.4, 0.5) is 0 Å². The van der Waals surface area contributed by atoms with Gasteiger partial charge in [0.25, 0.3) is 0 Å². The molecule has 3 rings (SSSR count). The molecule has 0 N–H and O–H groups in total. The van der Waals surface area contributed by atoms with Gasteiger partial charge in [0.2, 0.25) is 0 Å². The summed E-state index contributed by atoms with van der Waals surface area (Å²) in [6, 6.07) is 0. The maximum absolute atomic E-state index is 12.5. The fourth-order valence-electron chi connectivity index (χ4n) is 5.52. The highest BCUT2D eigenvalue weighted by Gasteiger charge is 2.56. The van der Waals surface area contributed by atoms with Gasteiger partial charge in [0, 0.05) is 85.2 Å². The van der Waals surface area contributed by atoms with E-state index in [0.717, 1.165) is 0 Å². The van der Waals surface area contributed by atoms with Crippen molar-refractivity contribution in [2.24, 2.45) is 0 Å². The second-order valence-corrected chi connectivity index (χ2v) is 13.6. The summed E-state index contributed by atoms with van der Waals surface area (Å²) in [5.74, 6) is 0. The van der Waals surface area contributed by atoms with E-state index in [4.69, 9.17) is 69.1 Å². The first kappa shape index (κ1) is 44.5. The molecule has 0 aromatic heterocycles. The predicted molar refractivity (Wildman–Crippen MR) is 198 cm³/mol. The van der Waals surface area contributed by atoms with Crippen LogP contribution in [0.15, 0.2) is 12.7 Å². The Bertz CT molecular complexity index is 926. The van der Waals surface area contributed by atoms with Crippen LogP contribution in [0.5, 0.6) is 0 Å². The van der Waals surface area contributed by atoms with Crippen LogP contribution in [0.25, 0.3) is 0 Å². The summed E-state index contributed by atoms with van der Waals surface area (Å²) in [6.45, 7) is 4.09. The highest BCUT2D eigenvalue weighted by Crippen LogP contribution is 2.40. The summed E-state index contributed by atoms with van der Waals surface area (Å²) >= 11 is 0. The Morgan fingerprint density at radius 3 is 1.36 bits per heavy atom. The summed E-state index contributed by atoms with van der Waals surface area (Å²) < 4.78 is 100. The predicted octanol–water partition coefficient (Wildman–Crippen LogP) is 2.27. The molecule has 3 fully saturated rings. The van der Waals surface area contributed by atoms with Gasteiger partial charge in [-0.1, -0.05) is 6.08 Å². The lowest BCUT2D eigenvalue weighted by Gasteiger charge is -2.50. The Morgan fingerprint density at radius 2 is 0.936 bits per heavy atom. The molecule has 0 saturated carbocycles. The molecule has 0 aromatic carbocycles. The molecular weight excluding hydrogens is 818 g/mol. The summed E-state index contributed by atoms with van der Waals surface area (Å²) in [6.07, 6.45) is -10.0. The Morgan fingerprint density at radius 1 is 0.532 bits per heavy atom. The fraction of sp³-hybridized carbons (Fsp3) is 0.905. The minimum absolute atomic E-state index is 0.00642. The van der Waals surface area contributed by atoms with Gasteiger partial charge in [0.05, 0.1) is 26.4 Å². The number of hydrogen-bond acceptors (Lipinski definition) is 16. The van der Waals surface area contributed by atoms with Crippen LogP contribution in [-0.2, 0) is 73.7 Å². The summed E-state index contributed by atoms with van der Waals surface area (Å²) in [5.41, 5.74) is -0.821. The molecule has 0 aliphatic carbocycles. The normalized spacial score (nSPS) is 41.3. The third-order valence-corrected chi connectivity index (χ3v) is 10.8. The van der Waals surface area contributed by atoms with Crippen molar-refractivity contribution in [3.05, 3.63) is 12.7 Å². The van der Waals surface area contributed by atoms with Crippen molar-refractivity contribution in [2.45, 2.75) is 91.7 Å². The van der Waals surface area contributed by atoms with E-state index in [1.165, 1.54) is 0 Å². The molecule has 0 aromatic rings. The maximum Gasteiger partial charge on any atom is 0.187 e. The third kappa shape index (κ3) is 11.3. The van der Waals surface area contributed by atoms with Gasteiger partial charge in [-0.2, -0.15) is 0 Å². The minimum atomic E-state index is -1.10. The average molecular weight is 862 g/mol. The molecule has 0 radical (unpaired) electrons. The van der Waals surface area contributed by atoms with Gasteiger partial charge in [-0.3, -0.25) is 4.57 Å². The van der Waals surface area contributed by atoms with Crippen LogP contribution < -0.4 is 0 Å². The van der Waals surface area contributed by atoms with Gasteiger partial charge in [-0.25, -0.2) is 0 Å². The van der Waals surface area contributed by atoms with Crippen LogP contribution in [0.3, 0.4) is 0 Å². The molecule has 3 saturated heterocycles. The van der Waals surface area contributed by atoms with E-state index in [1.54, 1.807) is 6.08 Å². The van der Waals surface area contributed by atoms with Crippen LogP contribution in [0, 0.1) is 0 Å². The molecular formula is C21H44O16P10. The van der Waals surface area contributed by atoms with Gasteiger partial charge >= 0.3 is 0 Å². The zero-order chi connectivity index (χ0) is 34.5. The molecule has 3 aliphatic rings. The second-order valence-electron chi connectivity index (χ2n) is 10.2. The number of rotatable bonds is 20. The molecule has 26 heteroatoms. The molecule has 0 spiro atoms. The highest BCUT2D eigenvalue weighted by molar-refractivity contribution is 7.25. The van der Waals surface area contributed by atoms with E-state index < -0.39 is 91.7 Å². The first-order chi connectivity index (χ1) is 22.9. The average Bonchev–Trinajstić information content (AvgIpc) is 3.08. The Hall–Kier alpha value is 3.11. The molecule has 274 valence electrons. The van der Waals surface area contributed by atoms with E-state index in [0.29, 0.717) is 0 Å². The quantitative estimate of drug-likeness (QED) is 0.130. The zero-order valence-electron chi connectivity index (χ0n) is 24.9. The van der Waals surface area contributed by atoms with Crippen LogP contribution >= 0.6 is 93.7 Å². The zero-order valence-corrected chi connectivity index (χ0v) is 36.2. The van der Waals surface area contributed by atoms with Gasteiger partial charge in [-0.15, -0.1) is 6.58 Å². The lowest BCUT2D eigenvalue weighted by atomic mass is 9.96. The SMILES string of the molecule is C=CCOC1OC(COP)C(OC2OC(COP)C(O[C@H]3OC(COP)[C@H](OP)[C@H](OP)C3P=O)[C@H](OP)[C@@H]2OP)[C@H](OP)[C@@H]1OP. The van der Waals surface area contributed by atoms with Crippen molar-refractivity contribution in [2.75, 3.05) is 26.4 Å². The minimum Gasteiger partial charge on any atom is -0.363 e. The van der Waals surface area contributed by atoms with Crippen LogP contribution in [-0.4, -0.2) is 118 Å². The molecule has 0 bridgehead atoms. The summed E-state index contributed by atoms with van der Waals surface area (Å²) in [5, 5.41) is 0. The van der Waals surface area contributed by atoms with E-state index in [9.17, 15) is 4.57 Å². The molecule has 3 heterocycles. The second kappa shape index (κ2) is 23.8.